The molecule has 80 valence electrons. The van der Waals surface area contributed by atoms with E-state index < -0.39 is 0 Å². The highest BCUT2D eigenvalue weighted by molar-refractivity contribution is 8.13. The number of thiazole rings is 1. The van der Waals surface area contributed by atoms with E-state index in [0.29, 0.717) is 5.13 Å². The Kier molecular flexibility index (Phi) is 3.52. The Hall–Kier alpha value is -0.700. The van der Waals surface area contributed by atoms with Crippen molar-refractivity contribution in [3.05, 3.63) is 17.0 Å². The summed E-state index contributed by atoms with van der Waals surface area (Å²) in [4.78, 5) is 15.0. The molecule has 0 fully saturated rings. The molecule has 0 aromatic carbocycles. The molecule has 5 nitrogen and oxygen atoms in total. The molecular formula is C7H8N4OS3. The van der Waals surface area contributed by atoms with Gasteiger partial charge in [0.25, 0.3) is 0 Å². The summed E-state index contributed by atoms with van der Waals surface area (Å²) in [5.74, 6) is -0.101. The van der Waals surface area contributed by atoms with Crippen LogP contribution in [0.25, 0.3) is 0 Å². The van der Waals surface area contributed by atoms with E-state index in [2.05, 4.69) is 15.7 Å². The number of nitrogens with one attached hydrogen (secondary N) is 2. The monoisotopic (exact) mass is 260 g/mol. The van der Waals surface area contributed by atoms with Crippen LogP contribution in [0.15, 0.2) is 22.0 Å². The van der Waals surface area contributed by atoms with E-state index in [1.54, 1.807) is 11.9 Å². The Morgan fingerprint density at radius 3 is 3.27 bits per heavy atom. The first kappa shape index (κ1) is 10.8. The first-order valence-electron chi connectivity index (χ1n) is 4.03. The molecule has 0 atom stereocenters. The Bertz CT molecular complexity index is 383. The Balaban J connectivity index is 1.91. The average molecular weight is 260 g/mol. The molecule has 1 aliphatic rings. The van der Waals surface area contributed by atoms with Gasteiger partial charge in [0.05, 0.1) is 0 Å². The van der Waals surface area contributed by atoms with Crippen molar-refractivity contribution in [3.63, 3.8) is 0 Å². The number of nitrogens with zero attached hydrogens (tertiary/aromatic N) is 2. The SMILES string of the molecule is CC(=O)Nc1nc(SN2NC=CS2)cs1. The smallest absolute Gasteiger partial charge is 0.223 e. The molecule has 2 N–H and O–H groups in total. The van der Waals surface area contributed by atoms with Crippen molar-refractivity contribution >= 4 is 46.3 Å². The number of hydrogen-bond donors (Lipinski definition) is 2. The second kappa shape index (κ2) is 4.88. The van der Waals surface area contributed by atoms with Crippen LogP contribution in [-0.2, 0) is 4.79 Å². The van der Waals surface area contributed by atoms with Gasteiger partial charge in [0.1, 0.15) is 5.03 Å². The summed E-state index contributed by atoms with van der Waals surface area (Å²) in [7, 11) is 0. The zero-order valence-corrected chi connectivity index (χ0v) is 10.2. The van der Waals surface area contributed by atoms with Crippen LogP contribution in [0.2, 0.25) is 0 Å². The minimum atomic E-state index is -0.101. The highest BCUT2D eigenvalue weighted by atomic mass is 32.2. The van der Waals surface area contributed by atoms with Gasteiger partial charge in [-0.2, -0.15) is 0 Å². The average Bonchev–Trinajstić information content (AvgIpc) is 2.77. The van der Waals surface area contributed by atoms with Crippen molar-refractivity contribution in [2.24, 2.45) is 0 Å². The van der Waals surface area contributed by atoms with Gasteiger partial charge in [-0.1, -0.05) is 3.82 Å². The number of carbonyl (C=O) groups is 1. The third-order valence-corrected chi connectivity index (χ3v) is 3.96. The van der Waals surface area contributed by atoms with Gasteiger partial charge in [-0.3, -0.25) is 4.79 Å². The van der Waals surface area contributed by atoms with Crippen LogP contribution >= 0.6 is 35.2 Å². The summed E-state index contributed by atoms with van der Waals surface area (Å²) in [6.07, 6.45) is 1.85. The minimum absolute atomic E-state index is 0.101. The van der Waals surface area contributed by atoms with E-state index in [0.717, 1.165) is 5.03 Å². The molecule has 2 rings (SSSR count). The second-order valence-corrected chi connectivity index (χ2v) is 5.46. The van der Waals surface area contributed by atoms with Crippen LogP contribution in [0.5, 0.6) is 0 Å². The molecule has 1 aliphatic heterocycles. The number of amides is 1. The lowest BCUT2D eigenvalue weighted by atomic mass is 10.7. The lowest BCUT2D eigenvalue weighted by molar-refractivity contribution is -0.114. The lowest BCUT2D eigenvalue weighted by Gasteiger charge is -2.09. The van der Waals surface area contributed by atoms with Crippen molar-refractivity contribution < 1.29 is 4.79 Å². The summed E-state index contributed by atoms with van der Waals surface area (Å²) >= 11 is 4.43. The molecule has 0 saturated carbocycles. The summed E-state index contributed by atoms with van der Waals surface area (Å²) in [5.41, 5.74) is 3.01. The standard InChI is InChI=1S/C7H8N4OS3/c1-5(12)9-7-10-6(4-13-7)15-11-8-2-3-14-11/h2-4,8H,1H3,(H,9,10,12). The molecule has 0 unspecified atom stereocenters. The largest absolute Gasteiger partial charge is 0.306 e. The molecule has 0 bridgehead atoms. The van der Waals surface area contributed by atoms with Crippen LogP contribution in [-0.4, -0.2) is 14.7 Å². The fourth-order valence-corrected chi connectivity index (χ4v) is 3.16. The zero-order chi connectivity index (χ0) is 10.7. The highest BCUT2D eigenvalue weighted by Gasteiger charge is 2.11. The molecular weight excluding hydrogens is 252 g/mol. The van der Waals surface area contributed by atoms with Crippen molar-refractivity contribution in [1.29, 1.82) is 0 Å². The third kappa shape index (κ3) is 3.13. The van der Waals surface area contributed by atoms with E-state index in [-0.39, 0.29) is 5.91 Å². The summed E-state index contributed by atoms with van der Waals surface area (Å²) in [6, 6.07) is 0. The van der Waals surface area contributed by atoms with Crippen LogP contribution in [0, 0.1) is 0 Å². The maximum atomic E-state index is 10.8. The van der Waals surface area contributed by atoms with E-state index in [1.165, 1.54) is 30.2 Å². The van der Waals surface area contributed by atoms with Gasteiger partial charge in [0, 0.05) is 35.9 Å². The quantitative estimate of drug-likeness (QED) is 0.811. The van der Waals surface area contributed by atoms with Crippen molar-refractivity contribution in [1.82, 2.24) is 14.2 Å². The fourth-order valence-electron chi connectivity index (χ4n) is 0.849. The maximum Gasteiger partial charge on any atom is 0.223 e. The number of rotatable bonds is 3. The topological polar surface area (TPSA) is 57.3 Å². The van der Waals surface area contributed by atoms with E-state index in [9.17, 15) is 4.79 Å². The van der Waals surface area contributed by atoms with Gasteiger partial charge in [-0.05, 0) is 11.9 Å². The number of anilines is 1. The van der Waals surface area contributed by atoms with Gasteiger partial charge < -0.3 is 10.7 Å². The van der Waals surface area contributed by atoms with Gasteiger partial charge in [-0.25, -0.2) is 4.98 Å². The van der Waals surface area contributed by atoms with Crippen molar-refractivity contribution in [2.75, 3.05) is 5.32 Å². The summed E-state index contributed by atoms with van der Waals surface area (Å²) in [6.45, 7) is 1.47. The number of hydrogen-bond acceptors (Lipinski definition) is 7. The summed E-state index contributed by atoms with van der Waals surface area (Å²) < 4.78 is 1.87. The molecule has 1 aromatic heterocycles. The van der Waals surface area contributed by atoms with Crippen LogP contribution in [0.1, 0.15) is 6.92 Å². The van der Waals surface area contributed by atoms with Crippen molar-refractivity contribution in [2.45, 2.75) is 11.9 Å². The molecule has 0 radical (unpaired) electrons. The van der Waals surface area contributed by atoms with Crippen LogP contribution in [0.3, 0.4) is 0 Å². The predicted octanol–water partition coefficient (Wildman–Crippen LogP) is 2.05. The molecule has 1 aromatic rings. The van der Waals surface area contributed by atoms with E-state index in [4.69, 9.17) is 0 Å². The molecule has 0 spiro atoms. The Morgan fingerprint density at radius 1 is 1.73 bits per heavy atom. The van der Waals surface area contributed by atoms with Gasteiger partial charge in [-0.15, -0.1) is 11.3 Å². The normalized spacial score (nSPS) is 15.3. The van der Waals surface area contributed by atoms with Crippen molar-refractivity contribution in [3.8, 4) is 0 Å². The number of carbonyl (C=O) groups excluding carboxylic acids is 1. The number of hydrazine groups is 1. The molecule has 2 heterocycles. The van der Waals surface area contributed by atoms with Crippen LogP contribution < -0.4 is 10.7 Å². The molecule has 8 heteroatoms. The Morgan fingerprint density at radius 2 is 2.60 bits per heavy atom. The molecule has 1 amide bonds. The van der Waals surface area contributed by atoms with Crippen LogP contribution in [0.4, 0.5) is 5.13 Å². The predicted molar refractivity (Wildman–Crippen MR) is 64.0 cm³/mol. The summed E-state index contributed by atoms with van der Waals surface area (Å²) in [5, 5.41) is 7.96. The zero-order valence-electron chi connectivity index (χ0n) is 7.76. The first-order valence-corrected chi connectivity index (χ1v) is 6.52. The Labute approximate surface area is 99.6 Å². The lowest BCUT2D eigenvalue weighted by Crippen LogP contribution is -2.14. The fraction of sp³-hybridized carbons (Fsp3) is 0.143. The molecule has 0 aliphatic carbocycles. The van der Waals surface area contributed by atoms with Gasteiger partial charge >= 0.3 is 0 Å². The van der Waals surface area contributed by atoms with E-state index in [1.807, 2.05) is 20.8 Å². The van der Waals surface area contributed by atoms with E-state index >= 15 is 0 Å². The first-order chi connectivity index (χ1) is 7.24. The third-order valence-electron chi connectivity index (χ3n) is 1.35. The molecule has 15 heavy (non-hydrogen) atoms. The second-order valence-electron chi connectivity index (χ2n) is 2.56. The van der Waals surface area contributed by atoms with Gasteiger partial charge in [0.2, 0.25) is 5.91 Å². The number of aromatic nitrogens is 1. The molecule has 0 saturated heterocycles. The maximum absolute atomic E-state index is 10.8. The highest BCUT2D eigenvalue weighted by Crippen LogP contribution is 2.32. The minimum Gasteiger partial charge on any atom is -0.306 e. The van der Waals surface area contributed by atoms with Gasteiger partial charge in [0.15, 0.2) is 5.13 Å².